The highest BCUT2D eigenvalue weighted by Crippen LogP contribution is 2.43. The van der Waals surface area contributed by atoms with Crippen molar-refractivity contribution in [2.75, 3.05) is 23.9 Å². The smallest absolute Gasteiger partial charge is 0.248 e. The first-order chi connectivity index (χ1) is 13.8. The fourth-order valence-electron chi connectivity index (χ4n) is 3.73. The van der Waals surface area contributed by atoms with Gasteiger partial charge in [0.05, 0.1) is 11.0 Å². The molecule has 1 amide bonds. The van der Waals surface area contributed by atoms with Crippen LogP contribution in [0.3, 0.4) is 0 Å². The largest absolute Gasteiger partial charge is 0.384 e. The molecule has 0 spiro atoms. The van der Waals surface area contributed by atoms with Gasteiger partial charge >= 0.3 is 0 Å². The number of hydrogen-bond donors (Lipinski definition) is 3. The number of nitrogens with one attached hydrogen (secondary N) is 2. The maximum atomic E-state index is 12.1. The van der Waals surface area contributed by atoms with Crippen molar-refractivity contribution in [1.82, 2.24) is 10.3 Å². The Balaban J connectivity index is 2.27. The van der Waals surface area contributed by atoms with Crippen molar-refractivity contribution in [3.63, 3.8) is 0 Å². The van der Waals surface area contributed by atoms with Crippen LogP contribution in [-0.4, -0.2) is 41.7 Å². The Morgan fingerprint density at radius 3 is 2.63 bits per heavy atom. The van der Waals surface area contributed by atoms with Crippen molar-refractivity contribution >= 4 is 17.4 Å². The standard InChI is InChI=1S/C22H37N5O3/c1-14(28)20(29)25-18-12-15(10-11-22(18,5)6)16-8-9-17(23-13-21(2,3)4)19(24-16)27(7)26-30/h8-9,14-15,18,23,28H,10-13H2,1-7H3,(H,25,29). The number of aliphatic hydroxyl groups excluding tert-OH is 1. The molecule has 0 aliphatic heterocycles. The maximum absolute atomic E-state index is 12.1. The van der Waals surface area contributed by atoms with E-state index in [1.54, 1.807) is 7.05 Å². The van der Waals surface area contributed by atoms with Gasteiger partial charge < -0.3 is 15.7 Å². The van der Waals surface area contributed by atoms with Crippen molar-refractivity contribution in [3.05, 3.63) is 22.7 Å². The second kappa shape index (κ2) is 9.29. The van der Waals surface area contributed by atoms with Gasteiger partial charge in [-0.1, -0.05) is 34.6 Å². The summed E-state index contributed by atoms with van der Waals surface area (Å²) in [7, 11) is 1.59. The predicted octanol–water partition coefficient (Wildman–Crippen LogP) is 3.82. The molecule has 0 saturated heterocycles. The average molecular weight is 420 g/mol. The lowest BCUT2D eigenvalue weighted by molar-refractivity contribution is -0.130. The normalized spacial score (nSPS) is 22.1. The predicted molar refractivity (Wildman–Crippen MR) is 120 cm³/mol. The van der Waals surface area contributed by atoms with E-state index in [1.807, 2.05) is 12.1 Å². The number of aliphatic hydroxyl groups is 1. The lowest BCUT2D eigenvalue weighted by Crippen LogP contribution is -2.50. The average Bonchev–Trinajstić information content (AvgIpc) is 2.66. The van der Waals surface area contributed by atoms with Gasteiger partial charge in [0.25, 0.3) is 0 Å². The van der Waals surface area contributed by atoms with Crippen molar-refractivity contribution in [1.29, 1.82) is 0 Å². The first-order valence-corrected chi connectivity index (χ1v) is 10.6. The van der Waals surface area contributed by atoms with Crippen LogP contribution in [0.5, 0.6) is 0 Å². The SMILES string of the molecule is CC(O)C(=O)NC1CC(c2ccc(NCC(C)(C)C)c(N(C)N=O)n2)CCC1(C)C. The Morgan fingerprint density at radius 2 is 2.07 bits per heavy atom. The molecule has 1 aliphatic rings. The van der Waals surface area contributed by atoms with E-state index < -0.39 is 6.10 Å². The zero-order chi connectivity index (χ0) is 22.7. The number of carbonyl (C=O) groups excluding carboxylic acids is 1. The molecule has 0 aromatic carbocycles. The van der Waals surface area contributed by atoms with Crippen LogP contribution in [0.25, 0.3) is 0 Å². The van der Waals surface area contributed by atoms with E-state index in [1.165, 1.54) is 11.9 Å². The summed E-state index contributed by atoms with van der Waals surface area (Å²) in [4.78, 5) is 28.1. The molecule has 3 atom stereocenters. The van der Waals surface area contributed by atoms with Crippen LogP contribution in [0.4, 0.5) is 11.5 Å². The number of rotatable bonds is 7. The minimum absolute atomic E-state index is 0.0655. The minimum Gasteiger partial charge on any atom is -0.384 e. The van der Waals surface area contributed by atoms with Gasteiger partial charge in [-0.25, -0.2) is 9.99 Å². The van der Waals surface area contributed by atoms with Gasteiger partial charge in [0.15, 0.2) is 5.82 Å². The summed E-state index contributed by atoms with van der Waals surface area (Å²) in [6, 6.07) is 3.88. The van der Waals surface area contributed by atoms with Crippen LogP contribution in [0, 0.1) is 15.7 Å². The van der Waals surface area contributed by atoms with E-state index in [4.69, 9.17) is 4.98 Å². The molecular weight excluding hydrogens is 382 g/mol. The Bertz CT molecular complexity index is 758. The van der Waals surface area contributed by atoms with Crippen molar-refractivity contribution in [2.45, 2.75) is 78.9 Å². The van der Waals surface area contributed by atoms with E-state index in [2.05, 4.69) is 50.5 Å². The van der Waals surface area contributed by atoms with Crippen molar-refractivity contribution in [3.8, 4) is 0 Å². The Labute approximate surface area is 179 Å². The number of nitrogens with zero attached hydrogens (tertiary/aromatic N) is 3. The highest BCUT2D eigenvalue weighted by molar-refractivity contribution is 5.80. The molecule has 0 radical (unpaired) electrons. The highest BCUT2D eigenvalue weighted by Gasteiger charge is 2.38. The summed E-state index contributed by atoms with van der Waals surface area (Å²) in [5.74, 6) is 0.294. The summed E-state index contributed by atoms with van der Waals surface area (Å²) < 4.78 is 0. The first kappa shape index (κ1) is 24.1. The second-order valence-electron chi connectivity index (χ2n) is 10.3. The third-order valence-electron chi connectivity index (χ3n) is 5.85. The number of amides is 1. The molecule has 1 heterocycles. The molecule has 0 bridgehead atoms. The quantitative estimate of drug-likeness (QED) is 0.458. The molecule has 8 nitrogen and oxygen atoms in total. The van der Waals surface area contributed by atoms with Crippen LogP contribution in [0.1, 0.15) is 72.4 Å². The Morgan fingerprint density at radius 1 is 1.40 bits per heavy atom. The summed E-state index contributed by atoms with van der Waals surface area (Å²) in [6.07, 6.45) is 1.55. The highest BCUT2D eigenvalue weighted by atomic mass is 16.3. The molecular formula is C22H37N5O3. The van der Waals surface area contributed by atoms with Crippen LogP contribution >= 0.6 is 0 Å². The van der Waals surface area contributed by atoms with E-state index in [0.717, 1.165) is 37.2 Å². The fraction of sp³-hybridized carbons (Fsp3) is 0.727. The van der Waals surface area contributed by atoms with E-state index in [0.29, 0.717) is 5.82 Å². The maximum Gasteiger partial charge on any atom is 0.248 e. The topological polar surface area (TPSA) is 107 Å². The molecule has 3 N–H and O–H groups in total. The number of pyridine rings is 1. The molecule has 30 heavy (non-hydrogen) atoms. The number of nitroso groups, excluding NO2 is 1. The Kier molecular flexibility index (Phi) is 7.45. The summed E-state index contributed by atoms with van der Waals surface area (Å²) in [6.45, 7) is 12.9. The number of carbonyl (C=O) groups is 1. The third kappa shape index (κ3) is 6.14. The van der Waals surface area contributed by atoms with Gasteiger partial charge in [-0.2, -0.15) is 0 Å². The number of hydrogen-bond acceptors (Lipinski definition) is 6. The van der Waals surface area contributed by atoms with Gasteiger partial charge in [-0.05, 0) is 49.1 Å². The molecule has 3 unspecified atom stereocenters. The van der Waals surface area contributed by atoms with Gasteiger partial charge in [0, 0.05) is 31.2 Å². The van der Waals surface area contributed by atoms with Gasteiger partial charge in [0.2, 0.25) is 5.91 Å². The molecule has 2 rings (SSSR count). The molecule has 1 fully saturated rings. The van der Waals surface area contributed by atoms with Crippen LogP contribution in [0.15, 0.2) is 17.4 Å². The van der Waals surface area contributed by atoms with Crippen LogP contribution in [-0.2, 0) is 4.79 Å². The minimum atomic E-state index is -1.04. The summed E-state index contributed by atoms with van der Waals surface area (Å²) in [5.41, 5.74) is 1.66. The van der Waals surface area contributed by atoms with Gasteiger partial charge in [0.1, 0.15) is 6.10 Å². The van der Waals surface area contributed by atoms with Crippen molar-refractivity contribution < 1.29 is 9.90 Å². The molecule has 8 heteroatoms. The zero-order valence-corrected chi connectivity index (χ0v) is 19.3. The second-order valence-corrected chi connectivity index (χ2v) is 10.3. The lowest BCUT2D eigenvalue weighted by atomic mass is 9.68. The molecule has 168 valence electrons. The summed E-state index contributed by atoms with van der Waals surface area (Å²) in [5, 5.41) is 20.2. The fourth-order valence-corrected chi connectivity index (χ4v) is 3.73. The third-order valence-corrected chi connectivity index (χ3v) is 5.85. The zero-order valence-electron chi connectivity index (χ0n) is 19.3. The molecule has 1 aromatic rings. The number of aromatic nitrogens is 1. The molecule has 1 saturated carbocycles. The summed E-state index contributed by atoms with van der Waals surface area (Å²) >= 11 is 0. The first-order valence-electron chi connectivity index (χ1n) is 10.6. The van der Waals surface area contributed by atoms with Crippen LogP contribution in [0.2, 0.25) is 0 Å². The monoisotopic (exact) mass is 419 g/mol. The van der Waals surface area contributed by atoms with Gasteiger partial charge in [-0.15, -0.1) is 4.91 Å². The van der Waals surface area contributed by atoms with E-state index in [-0.39, 0.29) is 28.7 Å². The Hall–Kier alpha value is -2.22. The van der Waals surface area contributed by atoms with Gasteiger partial charge in [-0.3, -0.25) is 4.79 Å². The lowest BCUT2D eigenvalue weighted by Gasteiger charge is -2.42. The molecule has 1 aliphatic carbocycles. The van der Waals surface area contributed by atoms with E-state index in [9.17, 15) is 14.8 Å². The number of anilines is 2. The van der Waals surface area contributed by atoms with Crippen molar-refractivity contribution in [2.24, 2.45) is 16.1 Å². The van der Waals surface area contributed by atoms with Crippen LogP contribution < -0.4 is 15.6 Å². The van der Waals surface area contributed by atoms with E-state index >= 15 is 0 Å². The molecule has 1 aromatic heterocycles.